The lowest BCUT2D eigenvalue weighted by Crippen LogP contribution is -2.28. The van der Waals surface area contributed by atoms with Crippen molar-refractivity contribution >= 4 is 11.3 Å². The smallest absolute Gasteiger partial charge is 0.0798 e. The van der Waals surface area contributed by atoms with E-state index in [9.17, 15) is 0 Å². The summed E-state index contributed by atoms with van der Waals surface area (Å²) < 4.78 is 0. The van der Waals surface area contributed by atoms with Gasteiger partial charge in [0.05, 0.1) is 17.8 Å². The Balaban J connectivity index is 1.45. The number of aryl methyl sites for hydroxylation is 1. The molecule has 24 heavy (non-hydrogen) atoms. The van der Waals surface area contributed by atoms with Crippen molar-refractivity contribution in [2.75, 3.05) is 26.7 Å². The number of aromatic nitrogens is 1. The van der Waals surface area contributed by atoms with Crippen molar-refractivity contribution < 1.29 is 5.11 Å². The Hall–Kier alpha value is -1.27. The summed E-state index contributed by atoms with van der Waals surface area (Å²) in [4.78, 5) is 10.7. The van der Waals surface area contributed by atoms with Gasteiger partial charge in [-0.3, -0.25) is 4.90 Å². The lowest BCUT2D eigenvalue weighted by atomic mass is 10.1. The molecular weight excluding hydrogens is 318 g/mol. The maximum atomic E-state index is 9.12. The molecule has 4 nitrogen and oxygen atoms in total. The summed E-state index contributed by atoms with van der Waals surface area (Å²) in [6.45, 7) is 7.75. The van der Waals surface area contributed by atoms with E-state index >= 15 is 0 Å². The first-order valence-corrected chi connectivity index (χ1v) is 9.50. The molecule has 0 radical (unpaired) electrons. The van der Waals surface area contributed by atoms with Gasteiger partial charge in [-0.15, -0.1) is 11.3 Å². The van der Waals surface area contributed by atoms with E-state index in [4.69, 9.17) is 5.11 Å². The normalized spacial score (nSPS) is 18.6. The molecule has 1 aliphatic rings. The average Bonchev–Trinajstić information content (AvgIpc) is 3.18. The first kappa shape index (κ1) is 17.5. The summed E-state index contributed by atoms with van der Waals surface area (Å²) in [6, 6.07) is 8.32. The van der Waals surface area contributed by atoms with Gasteiger partial charge in [0, 0.05) is 31.1 Å². The number of hydrogen-bond acceptors (Lipinski definition) is 5. The third-order valence-corrected chi connectivity index (χ3v) is 5.73. The van der Waals surface area contributed by atoms with E-state index < -0.39 is 0 Å². The molecule has 1 aromatic carbocycles. The molecule has 2 aromatic rings. The van der Waals surface area contributed by atoms with E-state index in [1.165, 1.54) is 35.6 Å². The van der Waals surface area contributed by atoms with Crippen LogP contribution in [0.4, 0.5) is 0 Å². The monoisotopic (exact) mass is 345 g/mol. The van der Waals surface area contributed by atoms with Gasteiger partial charge < -0.3 is 10.0 Å². The molecular formula is C19H27N3OS. The van der Waals surface area contributed by atoms with Crippen molar-refractivity contribution in [3.8, 4) is 0 Å². The van der Waals surface area contributed by atoms with Crippen molar-refractivity contribution in [1.82, 2.24) is 14.8 Å². The third kappa shape index (κ3) is 4.63. The van der Waals surface area contributed by atoms with Crippen molar-refractivity contribution in [2.45, 2.75) is 33.0 Å². The fraction of sp³-hybridized carbons (Fsp3) is 0.526. The fourth-order valence-corrected chi connectivity index (χ4v) is 4.30. The quantitative estimate of drug-likeness (QED) is 0.838. The summed E-state index contributed by atoms with van der Waals surface area (Å²) >= 11 is 1.76. The zero-order chi connectivity index (χ0) is 16.9. The van der Waals surface area contributed by atoms with Crippen LogP contribution < -0.4 is 0 Å². The van der Waals surface area contributed by atoms with Gasteiger partial charge in [-0.05, 0) is 44.0 Å². The molecule has 1 atom stereocenters. The van der Waals surface area contributed by atoms with Gasteiger partial charge in [0.1, 0.15) is 0 Å². The SMILES string of the molecule is Cc1ncsc1CN(C)C[C@@H]1CCN(Cc2ccc(CO)cc2)C1. The van der Waals surface area contributed by atoms with Crippen LogP contribution in [0.5, 0.6) is 0 Å². The molecule has 0 unspecified atom stereocenters. The second kappa shape index (κ2) is 8.21. The van der Waals surface area contributed by atoms with E-state index in [-0.39, 0.29) is 6.61 Å². The molecule has 5 heteroatoms. The second-order valence-electron chi connectivity index (χ2n) is 6.92. The van der Waals surface area contributed by atoms with Crippen molar-refractivity contribution in [2.24, 2.45) is 5.92 Å². The number of benzene rings is 1. The van der Waals surface area contributed by atoms with Crippen LogP contribution in [0.3, 0.4) is 0 Å². The number of rotatable bonds is 7. The Kier molecular flexibility index (Phi) is 6.00. The molecule has 1 N–H and O–H groups in total. The minimum absolute atomic E-state index is 0.123. The summed E-state index contributed by atoms with van der Waals surface area (Å²) in [5.41, 5.74) is 5.43. The third-order valence-electron chi connectivity index (χ3n) is 4.81. The molecule has 1 aliphatic heterocycles. The Morgan fingerprint density at radius 2 is 2.04 bits per heavy atom. The number of hydrogen-bond donors (Lipinski definition) is 1. The van der Waals surface area contributed by atoms with Crippen LogP contribution in [-0.4, -0.2) is 46.6 Å². The topological polar surface area (TPSA) is 39.6 Å². The predicted molar refractivity (Wildman–Crippen MR) is 98.9 cm³/mol. The minimum atomic E-state index is 0.123. The Morgan fingerprint density at radius 3 is 2.71 bits per heavy atom. The van der Waals surface area contributed by atoms with Gasteiger partial charge in [0.15, 0.2) is 0 Å². The molecule has 0 bridgehead atoms. The first-order chi connectivity index (χ1) is 11.6. The zero-order valence-corrected chi connectivity index (χ0v) is 15.4. The predicted octanol–water partition coefficient (Wildman–Crippen LogP) is 2.90. The van der Waals surface area contributed by atoms with Crippen LogP contribution in [-0.2, 0) is 19.7 Å². The van der Waals surface area contributed by atoms with E-state index in [1.807, 2.05) is 17.6 Å². The summed E-state index contributed by atoms with van der Waals surface area (Å²) in [5, 5.41) is 9.12. The maximum Gasteiger partial charge on any atom is 0.0798 e. The molecule has 3 rings (SSSR count). The number of likely N-dealkylation sites (tertiary alicyclic amines) is 1. The van der Waals surface area contributed by atoms with Crippen molar-refractivity contribution in [1.29, 1.82) is 0 Å². The lowest BCUT2D eigenvalue weighted by Gasteiger charge is -2.21. The number of aliphatic hydroxyl groups is 1. The first-order valence-electron chi connectivity index (χ1n) is 8.62. The van der Waals surface area contributed by atoms with Gasteiger partial charge in [-0.25, -0.2) is 4.98 Å². The second-order valence-corrected chi connectivity index (χ2v) is 7.86. The van der Waals surface area contributed by atoms with Crippen LogP contribution in [0.15, 0.2) is 29.8 Å². The minimum Gasteiger partial charge on any atom is -0.392 e. The van der Waals surface area contributed by atoms with Crippen molar-refractivity contribution in [3.63, 3.8) is 0 Å². The van der Waals surface area contributed by atoms with Gasteiger partial charge in [0.25, 0.3) is 0 Å². The molecule has 2 heterocycles. The Labute approximate surface area is 148 Å². The van der Waals surface area contributed by atoms with Crippen LogP contribution in [0, 0.1) is 12.8 Å². The van der Waals surface area contributed by atoms with Crippen LogP contribution in [0.2, 0.25) is 0 Å². The lowest BCUT2D eigenvalue weighted by molar-refractivity contribution is 0.255. The molecule has 0 saturated carbocycles. The fourth-order valence-electron chi connectivity index (χ4n) is 3.44. The standard InChI is InChI=1S/C19H27N3OS/c1-15-19(24-14-20-15)12-21(2)9-18-7-8-22(11-18)10-16-3-5-17(13-23)6-4-16/h3-6,14,18,23H,7-13H2,1-2H3/t18-/m0/s1. The highest BCUT2D eigenvalue weighted by Crippen LogP contribution is 2.21. The van der Waals surface area contributed by atoms with Crippen molar-refractivity contribution in [3.05, 3.63) is 51.5 Å². The van der Waals surface area contributed by atoms with E-state index in [2.05, 4.69) is 40.9 Å². The highest BCUT2D eigenvalue weighted by molar-refractivity contribution is 7.09. The summed E-state index contributed by atoms with van der Waals surface area (Å²) in [6.07, 6.45) is 1.28. The number of aliphatic hydroxyl groups excluding tert-OH is 1. The van der Waals surface area contributed by atoms with Gasteiger partial charge in [-0.2, -0.15) is 0 Å². The average molecular weight is 346 g/mol. The van der Waals surface area contributed by atoms with Crippen LogP contribution in [0.1, 0.15) is 28.1 Å². The summed E-state index contributed by atoms with van der Waals surface area (Å²) in [5.74, 6) is 0.750. The highest BCUT2D eigenvalue weighted by atomic mass is 32.1. The molecule has 1 fully saturated rings. The summed E-state index contributed by atoms with van der Waals surface area (Å²) in [7, 11) is 2.22. The van der Waals surface area contributed by atoms with Gasteiger partial charge >= 0.3 is 0 Å². The van der Waals surface area contributed by atoms with E-state index in [1.54, 1.807) is 11.3 Å². The Morgan fingerprint density at radius 1 is 1.29 bits per heavy atom. The van der Waals surface area contributed by atoms with E-state index in [0.29, 0.717) is 0 Å². The molecule has 0 aliphatic carbocycles. The molecule has 0 spiro atoms. The zero-order valence-electron chi connectivity index (χ0n) is 14.6. The Bertz CT molecular complexity index is 640. The number of nitrogens with zero attached hydrogens (tertiary/aromatic N) is 3. The molecule has 1 aromatic heterocycles. The van der Waals surface area contributed by atoms with Gasteiger partial charge in [-0.1, -0.05) is 24.3 Å². The molecule has 130 valence electrons. The number of thiazole rings is 1. The van der Waals surface area contributed by atoms with Crippen LogP contribution >= 0.6 is 11.3 Å². The van der Waals surface area contributed by atoms with Gasteiger partial charge in [0.2, 0.25) is 0 Å². The maximum absolute atomic E-state index is 9.12. The molecule has 1 saturated heterocycles. The largest absolute Gasteiger partial charge is 0.392 e. The van der Waals surface area contributed by atoms with Crippen LogP contribution in [0.25, 0.3) is 0 Å². The molecule has 0 amide bonds. The highest BCUT2D eigenvalue weighted by Gasteiger charge is 2.23. The van der Waals surface area contributed by atoms with E-state index in [0.717, 1.165) is 31.1 Å².